The van der Waals surface area contributed by atoms with Crippen LogP contribution < -0.4 is 5.32 Å². The second kappa shape index (κ2) is 7.46. The molecule has 0 bridgehead atoms. The summed E-state index contributed by atoms with van der Waals surface area (Å²) in [6.45, 7) is 6.94. The molecule has 0 heterocycles. The summed E-state index contributed by atoms with van der Waals surface area (Å²) in [6.07, 6.45) is 2.20. The second-order valence-corrected chi connectivity index (χ2v) is 5.50. The van der Waals surface area contributed by atoms with Crippen LogP contribution in [-0.2, 0) is 6.54 Å². The first kappa shape index (κ1) is 15.9. The predicted molar refractivity (Wildman–Crippen MR) is 78.5 cm³/mol. The molecule has 106 valence electrons. The van der Waals surface area contributed by atoms with Gasteiger partial charge in [-0.1, -0.05) is 31.9 Å². The van der Waals surface area contributed by atoms with E-state index in [4.69, 9.17) is 11.6 Å². The summed E-state index contributed by atoms with van der Waals surface area (Å²) in [5.74, 6) is 0.650. The minimum atomic E-state index is -0.368. The van der Waals surface area contributed by atoms with Crippen LogP contribution >= 0.6 is 11.6 Å². The fourth-order valence-corrected chi connectivity index (χ4v) is 2.21. The second-order valence-electron chi connectivity index (χ2n) is 5.06. The van der Waals surface area contributed by atoms with E-state index in [2.05, 4.69) is 26.1 Å². The van der Waals surface area contributed by atoms with Gasteiger partial charge in [0.25, 0.3) is 5.69 Å². The SMILES string of the molecule is CCC(C)CC(C)NCc1cc(Cl)ccc1[N+](=O)[O-]. The van der Waals surface area contributed by atoms with E-state index >= 15 is 0 Å². The van der Waals surface area contributed by atoms with Crippen LogP contribution in [0.15, 0.2) is 18.2 Å². The molecule has 0 spiro atoms. The van der Waals surface area contributed by atoms with Crippen LogP contribution in [0.5, 0.6) is 0 Å². The van der Waals surface area contributed by atoms with E-state index < -0.39 is 0 Å². The van der Waals surface area contributed by atoms with Gasteiger partial charge < -0.3 is 5.32 Å². The van der Waals surface area contributed by atoms with Gasteiger partial charge in [-0.05, 0) is 31.4 Å². The van der Waals surface area contributed by atoms with Crippen LogP contribution in [0.1, 0.15) is 39.2 Å². The van der Waals surface area contributed by atoms with Crippen molar-refractivity contribution < 1.29 is 4.92 Å². The number of nitro groups is 1. The first-order valence-corrected chi connectivity index (χ1v) is 6.98. The van der Waals surface area contributed by atoms with Crippen LogP contribution in [0.3, 0.4) is 0 Å². The number of hydrogen-bond donors (Lipinski definition) is 1. The van der Waals surface area contributed by atoms with E-state index in [0.717, 1.165) is 12.8 Å². The Balaban J connectivity index is 2.66. The number of nitro benzene ring substituents is 1. The standard InChI is InChI=1S/C14H21ClN2O2/c1-4-10(2)7-11(3)16-9-12-8-13(15)5-6-14(12)17(18)19/h5-6,8,10-11,16H,4,7,9H2,1-3H3. The average Bonchev–Trinajstić information content (AvgIpc) is 2.35. The number of hydrogen-bond acceptors (Lipinski definition) is 3. The molecule has 1 N–H and O–H groups in total. The Bertz CT molecular complexity index is 437. The number of nitrogens with one attached hydrogen (secondary N) is 1. The third-order valence-electron chi connectivity index (χ3n) is 3.33. The van der Waals surface area contributed by atoms with Crippen LogP contribution in [-0.4, -0.2) is 11.0 Å². The molecule has 19 heavy (non-hydrogen) atoms. The highest BCUT2D eigenvalue weighted by Crippen LogP contribution is 2.22. The molecule has 0 aliphatic carbocycles. The molecule has 4 nitrogen and oxygen atoms in total. The van der Waals surface area contributed by atoms with E-state index in [-0.39, 0.29) is 10.6 Å². The minimum absolute atomic E-state index is 0.118. The van der Waals surface area contributed by atoms with Crippen molar-refractivity contribution in [3.05, 3.63) is 38.9 Å². The van der Waals surface area contributed by atoms with E-state index in [1.807, 2.05) is 0 Å². The minimum Gasteiger partial charge on any atom is -0.310 e. The monoisotopic (exact) mass is 284 g/mol. The van der Waals surface area contributed by atoms with Gasteiger partial charge in [0.2, 0.25) is 0 Å². The van der Waals surface area contributed by atoms with Crippen LogP contribution in [0, 0.1) is 16.0 Å². The highest BCUT2D eigenvalue weighted by Gasteiger charge is 2.15. The largest absolute Gasteiger partial charge is 0.310 e. The molecule has 0 saturated carbocycles. The summed E-state index contributed by atoms with van der Waals surface area (Å²) in [5, 5.41) is 14.8. The zero-order valence-corrected chi connectivity index (χ0v) is 12.4. The number of rotatable bonds is 7. The molecule has 1 aromatic rings. The van der Waals surface area contributed by atoms with E-state index in [9.17, 15) is 10.1 Å². The van der Waals surface area contributed by atoms with Crippen molar-refractivity contribution in [3.8, 4) is 0 Å². The van der Waals surface area contributed by atoms with Gasteiger partial charge in [-0.15, -0.1) is 0 Å². The molecule has 0 aliphatic rings. The van der Waals surface area contributed by atoms with Crippen LogP contribution in [0.2, 0.25) is 5.02 Å². The van der Waals surface area contributed by atoms with Gasteiger partial charge in [-0.3, -0.25) is 10.1 Å². The molecular formula is C14H21ClN2O2. The molecule has 0 radical (unpaired) electrons. The first-order chi connectivity index (χ1) is 8.93. The molecule has 0 saturated heterocycles. The van der Waals surface area contributed by atoms with Crippen molar-refractivity contribution >= 4 is 17.3 Å². The van der Waals surface area contributed by atoms with E-state index in [1.165, 1.54) is 6.07 Å². The third-order valence-corrected chi connectivity index (χ3v) is 3.57. The Labute approximate surface area is 119 Å². The van der Waals surface area contributed by atoms with Crippen molar-refractivity contribution in [2.75, 3.05) is 0 Å². The summed E-state index contributed by atoms with van der Waals surface area (Å²) >= 11 is 5.89. The highest BCUT2D eigenvalue weighted by atomic mass is 35.5. The molecule has 0 aromatic heterocycles. The first-order valence-electron chi connectivity index (χ1n) is 6.60. The van der Waals surface area contributed by atoms with Gasteiger partial charge in [0, 0.05) is 29.2 Å². The van der Waals surface area contributed by atoms with Crippen LogP contribution in [0.4, 0.5) is 5.69 Å². The smallest absolute Gasteiger partial charge is 0.273 e. The zero-order valence-electron chi connectivity index (χ0n) is 11.6. The van der Waals surface area contributed by atoms with Gasteiger partial charge in [0.05, 0.1) is 4.92 Å². The van der Waals surface area contributed by atoms with Crippen molar-refractivity contribution in [1.82, 2.24) is 5.32 Å². The fourth-order valence-electron chi connectivity index (χ4n) is 2.01. The molecular weight excluding hydrogens is 264 g/mol. The summed E-state index contributed by atoms with van der Waals surface area (Å²) < 4.78 is 0. The van der Waals surface area contributed by atoms with Crippen molar-refractivity contribution in [2.45, 2.75) is 46.2 Å². The van der Waals surface area contributed by atoms with E-state index in [1.54, 1.807) is 12.1 Å². The summed E-state index contributed by atoms with van der Waals surface area (Å²) in [6, 6.07) is 4.99. The summed E-state index contributed by atoms with van der Waals surface area (Å²) in [7, 11) is 0. The quantitative estimate of drug-likeness (QED) is 0.604. The number of benzene rings is 1. The Hall–Kier alpha value is -1.13. The molecule has 1 rings (SSSR count). The highest BCUT2D eigenvalue weighted by molar-refractivity contribution is 6.30. The Morgan fingerprint density at radius 1 is 1.42 bits per heavy atom. The number of halogens is 1. The van der Waals surface area contributed by atoms with Gasteiger partial charge in [0.1, 0.15) is 0 Å². The lowest BCUT2D eigenvalue weighted by Gasteiger charge is -2.17. The molecule has 2 atom stereocenters. The molecule has 0 fully saturated rings. The maximum Gasteiger partial charge on any atom is 0.273 e. The lowest BCUT2D eigenvalue weighted by atomic mass is 10.0. The van der Waals surface area contributed by atoms with Crippen LogP contribution in [0.25, 0.3) is 0 Å². The zero-order chi connectivity index (χ0) is 14.4. The fraction of sp³-hybridized carbons (Fsp3) is 0.571. The maximum atomic E-state index is 10.9. The topological polar surface area (TPSA) is 55.2 Å². The summed E-state index contributed by atoms with van der Waals surface area (Å²) in [5.41, 5.74) is 0.751. The lowest BCUT2D eigenvalue weighted by molar-refractivity contribution is -0.385. The third kappa shape index (κ3) is 5.17. The van der Waals surface area contributed by atoms with Crippen molar-refractivity contribution in [2.24, 2.45) is 5.92 Å². The number of nitrogens with zero attached hydrogens (tertiary/aromatic N) is 1. The van der Waals surface area contributed by atoms with Gasteiger partial charge >= 0.3 is 0 Å². The van der Waals surface area contributed by atoms with Crippen molar-refractivity contribution in [1.29, 1.82) is 0 Å². The van der Waals surface area contributed by atoms with E-state index in [0.29, 0.717) is 29.1 Å². The van der Waals surface area contributed by atoms with Gasteiger partial charge in [-0.25, -0.2) is 0 Å². The molecule has 2 unspecified atom stereocenters. The summed E-state index contributed by atoms with van der Waals surface area (Å²) in [4.78, 5) is 10.6. The Morgan fingerprint density at radius 2 is 2.11 bits per heavy atom. The normalized spacial score (nSPS) is 14.1. The predicted octanol–water partition coefficient (Wildman–Crippen LogP) is 4.16. The Morgan fingerprint density at radius 3 is 2.68 bits per heavy atom. The molecule has 0 aliphatic heterocycles. The Kier molecular flexibility index (Phi) is 6.25. The van der Waals surface area contributed by atoms with Gasteiger partial charge in [-0.2, -0.15) is 0 Å². The molecule has 0 amide bonds. The maximum absolute atomic E-state index is 10.9. The van der Waals surface area contributed by atoms with Crippen molar-refractivity contribution in [3.63, 3.8) is 0 Å². The van der Waals surface area contributed by atoms with Gasteiger partial charge in [0.15, 0.2) is 0 Å². The lowest BCUT2D eigenvalue weighted by Crippen LogP contribution is -2.27. The molecule has 1 aromatic carbocycles. The average molecular weight is 285 g/mol. The molecule has 5 heteroatoms.